The Balaban J connectivity index is 1.67. The van der Waals surface area contributed by atoms with Crippen LogP contribution in [0.3, 0.4) is 0 Å². The number of amides is 2. The molecule has 9 nitrogen and oxygen atoms in total. The second kappa shape index (κ2) is 7.02. The number of hydrogen-bond donors (Lipinski definition) is 3. The Morgan fingerprint density at radius 3 is 3.05 bits per heavy atom. The SMILES string of the molecule is CC(NC(=O)NCCn1cc(C(=O)O)nn1)C1CCCO1. The molecule has 1 fully saturated rings. The molecule has 1 saturated heterocycles. The number of hydrogen-bond acceptors (Lipinski definition) is 5. The molecule has 0 spiro atoms. The Hall–Kier alpha value is -2.16. The van der Waals surface area contributed by atoms with Gasteiger partial charge in [-0.2, -0.15) is 0 Å². The molecule has 0 radical (unpaired) electrons. The zero-order valence-electron chi connectivity index (χ0n) is 11.8. The number of nitrogens with zero attached hydrogens (tertiary/aromatic N) is 3. The highest BCUT2D eigenvalue weighted by atomic mass is 16.5. The van der Waals surface area contributed by atoms with E-state index in [1.54, 1.807) is 0 Å². The average molecular weight is 297 g/mol. The standard InChI is InChI=1S/C12H19N5O4/c1-8(10-3-2-6-21-10)14-12(20)13-4-5-17-7-9(11(18)19)15-16-17/h7-8,10H,2-6H2,1H3,(H,18,19)(H2,13,14,20). The Labute approximate surface area is 121 Å². The molecule has 2 atom stereocenters. The molecule has 1 aliphatic heterocycles. The minimum atomic E-state index is -1.13. The maximum Gasteiger partial charge on any atom is 0.358 e. The fourth-order valence-electron chi connectivity index (χ4n) is 2.14. The zero-order chi connectivity index (χ0) is 15.2. The van der Waals surface area contributed by atoms with Crippen molar-refractivity contribution < 1.29 is 19.4 Å². The quantitative estimate of drug-likeness (QED) is 0.671. The van der Waals surface area contributed by atoms with Crippen molar-refractivity contribution >= 4 is 12.0 Å². The first-order valence-corrected chi connectivity index (χ1v) is 6.85. The highest BCUT2D eigenvalue weighted by molar-refractivity contribution is 5.84. The average Bonchev–Trinajstić information content (AvgIpc) is 3.10. The van der Waals surface area contributed by atoms with Crippen LogP contribution in [-0.2, 0) is 11.3 Å². The Kier molecular flexibility index (Phi) is 5.09. The molecule has 0 bridgehead atoms. The van der Waals surface area contributed by atoms with Gasteiger partial charge in [0.2, 0.25) is 0 Å². The van der Waals surface area contributed by atoms with Gasteiger partial charge in [-0.25, -0.2) is 14.3 Å². The van der Waals surface area contributed by atoms with E-state index >= 15 is 0 Å². The number of urea groups is 1. The van der Waals surface area contributed by atoms with E-state index in [-0.39, 0.29) is 23.9 Å². The van der Waals surface area contributed by atoms with Crippen LogP contribution >= 0.6 is 0 Å². The van der Waals surface area contributed by atoms with E-state index in [2.05, 4.69) is 20.9 Å². The van der Waals surface area contributed by atoms with Gasteiger partial charge in [0.1, 0.15) is 0 Å². The van der Waals surface area contributed by atoms with Crippen molar-refractivity contribution in [2.75, 3.05) is 13.2 Å². The van der Waals surface area contributed by atoms with Crippen LogP contribution in [-0.4, -0.2) is 57.4 Å². The summed E-state index contributed by atoms with van der Waals surface area (Å²) >= 11 is 0. The summed E-state index contributed by atoms with van der Waals surface area (Å²) in [5, 5.41) is 21.3. The molecule has 2 amide bonds. The van der Waals surface area contributed by atoms with Crippen molar-refractivity contribution in [3.63, 3.8) is 0 Å². The fourth-order valence-corrected chi connectivity index (χ4v) is 2.14. The molecule has 1 aromatic rings. The molecule has 9 heteroatoms. The summed E-state index contributed by atoms with van der Waals surface area (Å²) in [5.41, 5.74) is -0.119. The van der Waals surface area contributed by atoms with Crippen molar-refractivity contribution in [1.82, 2.24) is 25.6 Å². The molecule has 2 unspecified atom stereocenters. The number of aromatic carboxylic acids is 1. The minimum absolute atomic E-state index is 0.0440. The maximum atomic E-state index is 11.7. The molecule has 0 aromatic carbocycles. The van der Waals surface area contributed by atoms with Crippen LogP contribution in [0.25, 0.3) is 0 Å². The van der Waals surface area contributed by atoms with E-state index in [1.165, 1.54) is 10.9 Å². The number of ether oxygens (including phenoxy) is 1. The highest BCUT2D eigenvalue weighted by Crippen LogP contribution is 2.15. The van der Waals surface area contributed by atoms with Crippen LogP contribution in [0.4, 0.5) is 4.79 Å². The van der Waals surface area contributed by atoms with Crippen molar-refractivity contribution in [2.45, 2.75) is 38.5 Å². The van der Waals surface area contributed by atoms with Gasteiger partial charge < -0.3 is 20.5 Å². The summed E-state index contributed by atoms with van der Waals surface area (Å²) in [6.07, 6.45) is 3.37. The lowest BCUT2D eigenvalue weighted by Crippen LogP contribution is -2.46. The third kappa shape index (κ3) is 4.42. The summed E-state index contributed by atoms with van der Waals surface area (Å²) in [6, 6.07) is -0.325. The third-order valence-electron chi connectivity index (χ3n) is 3.27. The largest absolute Gasteiger partial charge is 0.476 e. The number of carbonyl (C=O) groups is 2. The number of rotatable bonds is 6. The lowest BCUT2D eigenvalue weighted by atomic mass is 10.1. The molecular formula is C12H19N5O4. The number of aromatic nitrogens is 3. The van der Waals surface area contributed by atoms with Crippen LogP contribution in [0.15, 0.2) is 6.20 Å². The van der Waals surface area contributed by atoms with Gasteiger partial charge in [0, 0.05) is 13.2 Å². The van der Waals surface area contributed by atoms with Gasteiger partial charge in [-0.05, 0) is 19.8 Å². The van der Waals surface area contributed by atoms with E-state index in [4.69, 9.17) is 9.84 Å². The first kappa shape index (κ1) is 15.2. The molecule has 1 aromatic heterocycles. The number of carbonyl (C=O) groups excluding carboxylic acids is 1. The van der Waals surface area contributed by atoms with Gasteiger partial charge in [-0.1, -0.05) is 5.21 Å². The fraction of sp³-hybridized carbons (Fsp3) is 0.667. The summed E-state index contributed by atoms with van der Waals surface area (Å²) in [4.78, 5) is 22.3. The Morgan fingerprint density at radius 2 is 2.43 bits per heavy atom. The van der Waals surface area contributed by atoms with Crippen LogP contribution in [0.1, 0.15) is 30.3 Å². The molecule has 1 aliphatic rings. The first-order valence-electron chi connectivity index (χ1n) is 6.85. The normalized spacial score (nSPS) is 19.2. The summed E-state index contributed by atoms with van der Waals surface area (Å²) in [7, 11) is 0. The van der Waals surface area contributed by atoms with Crippen molar-refractivity contribution in [1.29, 1.82) is 0 Å². The second-order valence-corrected chi connectivity index (χ2v) is 4.91. The van der Waals surface area contributed by atoms with Crippen molar-refractivity contribution in [3.05, 3.63) is 11.9 Å². The lowest BCUT2D eigenvalue weighted by molar-refractivity contribution is 0.0690. The third-order valence-corrected chi connectivity index (χ3v) is 3.27. The lowest BCUT2D eigenvalue weighted by Gasteiger charge is -2.20. The zero-order valence-corrected chi connectivity index (χ0v) is 11.8. The molecule has 0 saturated carbocycles. The predicted molar refractivity (Wildman–Crippen MR) is 72.0 cm³/mol. The molecule has 3 N–H and O–H groups in total. The van der Waals surface area contributed by atoms with Crippen LogP contribution in [0.5, 0.6) is 0 Å². The number of nitrogens with one attached hydrogen (secondary N) is 2. The predicted octanol–water partition coefficient (Wildman–Crippen LogP) is -0.157. The molecule has 116 valence electrons. The summed E-state index contributed by atoms with van der Waals surface area (Å²) in [6.45, 7) is 3.33. The van der Waals surface area contributed by atoms with Crippen LogP contribution < -0.4 is 10.6 Å². The van der Waals surface area contributed by atoms with E-state index in [0.29, 0.717) is 13.1 Å². The molecule has 2 heterocycles. The highest BCUT2D eigenvalue weighted by Gasteiger charge is 2.23. The molecule has 2 rings (SSSR count). The van der Waals surface area contributed by atoms with E-state index < -0.39 is 5.97 Å². The van der Waals surface area contributed by atoms with Gasteiger partial charge in [0.25, 0.3) is 0 Å². The second-order valence-electron chi connectivity index (χ2n) is 4.91. The van der Waals surface area contributed by atoms with E-state index in [1.807, 2.05) is 6.92 Å². The summed E-state index contributed by atoms with van der Waals surface area (Å²) in [5.74, 6) is -1.13. The van der Waals surface area contributed by atoms with E-state index in [9.17, 15) is 9.59 Å². The number of carboxylic acids is 1. The van der Waals surface area contributed by atoms with Crippen LogP contribution in [0.2, 0.25) is 0 Å². The van der Waals surface area contributed by atoms with Gasteiger partial charge in [-0.15, -0.1) is 5.10 Å². The monoisotopic (exact) mass is 297 g/mol. The molecule has 21 heavy (non-hydrogen) atoms. The van der Waals surface area contributed by atoms with Gasteiger partial charge in [-0.3, -0.25) is 0 Å². The van der Waals surface area contributed by atoms with Gasteiger partial charge in [0.05, 0.1) is 24.9 Å². The van der Waals surface area contributed by atoms with Gasteiger partial charge in [0.15, 0.2) is 5.69 Å². The van der Waals surface area contributed by atoms with Crippen molar-refractivity contribution in [3.8, 4) is 0 Å². The van der Waals surface area contributed by atoms with Crippen molar-refractivity contribution in [2.24, 2.45) is 0 Å². The Morgan fingerprint density at radius 1 is 1.62 bits per heavy atom. The topological polar surface area (TPSA) is 118 Å². The first-order chi connectivity index (χ1) is 10.1. The number of carboxylic acid groups (broad SMARTS) is 1. The summed E-state index contributed by atoms with van der Waals surface area (Å²) < 4.78 is 6.86. The van der Waals surface area contributed by atoms with Crippen LogP contribution in [0, 0.1) is 0 Å². The van der Waals surface area contributed by atoms with Gasteiger partial charge >= 0.3 is 12.0 Å². The maximum absolute atomic E-state index is 11.7. The smallest absolute Gasteiger partial charge is 0.358 e. The molecular weight excluding hydrogens is 278 g/mol. The minimum Gasteiger partial charge on any atom is -0.476 e. The van der Waals surface area contributed by atoms with E-state index in [0.717, 1.165) is 19.4 Å². The molecule has 0 aliphatic carbocycles. The Bertz CT molecular complexity index is 498.